The van der Waals surface area contributed by atoms with Crippen LogP contribution in [0.3, 0.4) is 0 Å². The fourth-order valence-corrected chi connectivity index (χ4v) is 5.16. The minimum Gasteiger partial charge on any atom is -0.352 e. The predicted octanol–water partition coefficient (Wildman–Crippen LogP) is 5.34. The standard InChI is InChI=1S/C25H23F2N7S/c1-14-12-31-33-34(14)9-8-29-25-30-13-21(27)23(32-25)22-10-16-4-3-5-19(24(16)35-22)20-11-17(26)6-7-18(20)15(2)28/h3-7,10-13,15H,8-9,28H2,1-2H3,(H,29,30,32)/t15-/m1/s1. The molecular formula is C25H23F2N7S. The Bertz CT molecular complexity index is 1510. The molecule has 35 heavy (non-hydrogen) atoms. The van der Waals surface area contributed by atoms with Gasteiger partial charge < -0.3 is 11.1 Å². The molecule has 0 bridgehead atoms. The molecule has 2 aromatic carbocycles. The summed E-state index contributed by atoms with van der Waals surface area (Å²) in [5, 5.41) is 11.9. The Morgan fingerprint density at radius 1 is 1.11 bits per heavy atom. The van der Waals surface area contributed by atoms with E-state index in [0.29, 0.717) is 23.9 Å². The van der Waals surface area contributed by atoms with Gasteiger partial charge in [-0.3, -0.25) is 0 Å². The average Bonchev–Trinajstić information content (AvgIpc) is 3.45. The van der Waals surface area contributed by atoms with Crippen molar-refractivity contribution in [2.75, 3.05) is 11.9 Å². The Morgan fingerprint density at radius 3 is 2.74 bits per heavy atom. The summed E-state index contributed by atoms with van der Waals surface area (Å²) in [6, 6.07) is 12.0. The molecule has 0 aliphatic rings. The van der Waals surface area contributed by atoms with Crippen molar-refractivity contribution in [1.29, 1.82) is 0 Å². The predicted molar refractivity (Wildman–Crippen MR) is 134 cm³/mol. The molecule has 1 atom stereocenters. The smallest absolute Gasteiger partial charge is 0.223 e. The van der Waals surface area contributed by atoms with Gasteiger partial charge in [0.05, 0.1) is 29.5 Å². The fraction of sp³-hybridized carbons (Fsp3) is 0.200. The van der Waals surface area contributed by atoms with Gasteiger partial charge in [0.2, 0.25) is 5.95 Å². The summed E-state index contributed by atoms with van der Waals surface area (Å²) in [4.78, 5) is 9.16. The lowest BCUT2D eigenvalue weighted by Crippen LogP contribution is -2.14. The lowest BCUT2D eigenvalue weighted by atomic mass is 9.95. The molecule has 0 aliphatic heterocycles. The number of hydrogen-bond acceptors (Lipinski definition) is 7. The third kappa shape index (κ3) is 4.62. The number of halogens is 2. The SMILES string of the molecule is Cc1cnnn1CCNc1ncc(F)c(-c2cc3cccc(-c4cc(F)ccc4[C@@H](C)N)c3s2)n1. The number of aromatic nitrogens is 5. The molecule has 0 unspecified atom stereocenters. The van der Waals surface area contributed by atoms with Crippen LogP contribution in [0.1, 0.15) is 24.2 Å². The van der Waals surface area contributed by atoms with Crippen LogP contribution >= 0.6 is 11.3 Å². The molecule has 0 aliphatic carbocycles. The first-order chi connectivity index (χ1) is 16.9. The largest absolute Gasteiger partial charge is 0.352 e. The minimum absolute atomic E-state index is 0.207. The summed E-state index contributed by atoms with van der Waals surface area (Å²) in [5.41, 5.74) is 9.73. The highest BCUT2D eigenvalue weighted by molar-refractivity contribution is 7.22. The molecular weight excluding hydrogens is 468 g/mol. The summed E-state index contributed by atoms with van der Waals surface area (Å²) in [6.07, 6.45) is 2.85. The normalized spacial score (nSPS) is 12.3. The molecule has 0 saturated carbocycles. The number of nitrogens with one attached hydrogen (secondary N) is 1. The first-order valence-corrected chi connectivity index (χ1v) is 11.9. The maximum atomic E-state index is 14.8. The van der Waals surface area contributed by atoms with Gasteiger partial charge in [0.1, 0.15) is 11.5 Å². The van der Waals surface area contributed by atoms with Crippen LogP contribution in [-0.2, 0) is 6.54 Å². The number of benzene rings is 2. The van der Waals surface area contributed by atoms with E-state index in [1.54, 1.807) is 16.9 Å². The van der Waals surface area contributed by atoms with Crippen LogP contribution in [0.2, 0.25) is 0 Å². The monoisotopic (exact) mass is 491 g/mol. The molecule has 178 valence electrons. The summed E-state index contributed by atoms with van der Waals surface area (Å²) >= 11 is 1.40. The van der Waals surface area contributed by atoms with Crippen molar-refractivity contribution < 1.29 is 8.78 Å². The van der Waals surface area contributed by atoms with Gasteiger partial charge in [0.25, 0.3) is 0 Å². The van der Waals surface area contributed by atoms with Gasteiger partial charge in [0, 0.05) is 17.3 Å². The summed E-state index contributed by atoms with van der Waals surface area (Å²) in [7, 11) is 0. The fourth-order valence-electron chi connectivity index (χ4n) is 3.98. The first kappa shape index (κ1) is 23.0. The van der Waals surface area contributed by atoms with Gasteiger partial charge in [-0.25, -0.2) is 23.4 Å². The molecule has 5 rings (SSSR count). The second kappa shape index (κ2) is 9.47. The molecule has 0 spiro atoms. The molecule has 0 fully saturated rings. The zero-order chi connectivity index (χ0) is 24.5. The number of fused-ring (bicyclic) bond motifs is 1. The number of hydrogen-bond donors (Lipinski definition) is 2. The number of anilines is 1. The Balaban J connectivity index is 1.49. The van der Waals surface area contributed by atoms with Crippen molar-refractivity contribution in [3.63, 3.8) is 0 Å². The van der Waals surface area contributed by atoms with E-state index in [-0.39, 0.29) is 17.6 Å². The molecule has 5 aromatic rings. The number of rotatable bonds is 7. The zero-order valence-corrected chi connectivity index (χ0v) is 20.0. The van der Waals surface area contributed by atoms with E-state index in [9.17, 15) is 8.78 Å². The van der Waals surface area contributed by atoms with Crippen LogP contribution in [0.25, 0.3) is 31.8 Å². The lowest BCUT2D eigenvalue weighted by molar-refractivity contribution is 0.591. The molecule has 3 heterocycles. The molecule has 3 aromatic heterocycles. The minimum atomic E-state index is -0.516. The van der Waals surface area contributed by atoms with Gasteiger partial charge >= 0.3 is 0 Å². The molecule has 0 amide bonds. The Kier molecular flexibility index (Phi) is 6.23. The number of aryl methyl sites for hydroxylation is 1. The topological polar surface area (TPSA) is 94.5 Å². The highest BCUT2D eigenvalue weighted by atomic mass is 32.1. The number of nitrogens with two attached hydrogens (primary N) is 1. The summed E-state index contributed by atoms with van der Waals surface area (Å²) in [5.74, 6) is -0.532. The Hall–Kier alpha value is -3.76. The van der Waals surface area contributed by atoms with Crippen LogP contribution in [0, 0.1) is 18.6 Å². The van der Waals surface area contributed by atoms with E-state index < -0.39 is 5.82 Å². The average molecular weight is 492 g/mol. The number of thiophene rings is 1. The highest BCUT2D eigenvalue weighted by Gasteiger charge is 2.17. The van der Waals surface area contributed by atoms with Crippen molar-refractivity contribution in [1.82, 2.24) is 25.0 Å². The molecule has 0 radical (unpaired) electrons. The molecule has 3 N–H and O–H groups in total. The number of nitrogens with zero attached hydrogens (tertiary/aromatic N) is 5. The lowest BCUT2D eigenvalue weighted by Gasteiger charge is -2.14. The van der Waals surface area contributed by atoms with E-state index in [2.05, 4.69) is 25.6 Å². The second-order valence-corrected chi connectivity index (χ2v) is 9.32. The van der Waals surface area contributed by atoms with E-state index in [4.69, 9.17) is 5.73 Å². The van der Waals surface area contributed by atoms with Gasteiger partial charge in [-0.1, -0.05) is 29.5 Å². The highest BCUT2D eigenvalue weighted by Crippen LogP contribution is 2.41. The van der Waals surface area contributed by atoms with Crippen molar-refractivity contribution >= 4 is 27.4 Å². The Morgan fingerprint density at radius 2 is 1.97 bits per heavy atom. The Labute approximate surface area is 204 Å². The van der Waals surface area contributed by atoms with E-state index in [1.807, 2.05) is 38.1 Å². The van der Waals surface area contributed by atoms with Crippen molar-refractivity contribution in [2.45, 2.75) is 26.4 Å². The van der Waals surface area contributed by atoms with E-state index >= 15 is 0 Å². The van der Waals surface area contributed by atoms with Gasteiger partial charge in [-0.15, -0.1) is 16.4 Å². The van der Waals surface area contributed by atoms with Gasteiger partial charge in [-0.2, -0.15) is 0 Å². The van der Waals surface area contributed by atoms with Crippen molar-refractivity contribution in [2.24, 2.45) is 5.73 Å². The maximum Gasteiger partial charge on any atom is 0.223 e. The first-order valence-electron chi connectivity index (χ1n) is 11.1. The van der Waals surface area contributed by atoms with E-state index in [1.165, 1.54) is 23.5 Å². The molecule has 10 heteroatoms. The van der Waals surface area contributed by atoms with E-state index in [0.717, 1.165) is 38.7 Å². The quantitative estimate of drug-likeness (QED) is 0.319. The zero-order valence-electron chi connectivity index (χ0n) is 19.2. The summed E-state index contributed by atoms with van der Waals surface area (Å²) < 4.78 is 31.6. The van der Waals surface area contributed by atoms with Crippen molar-refractivity contribution in [3.05, 3.63) is 77.8 Å². The maximum absolute atomic E-state index is 14.8. The van der Waals surface area contributed by atoms with Crippen LogP contribution in [0.15, 0.2) is 54.9 Å². The van der Waals surface area contributed by atoms with Crippen molar-refractivity contribution in [3.8, 4) is 21.7 Å². The van der Waals surface area contributed by atoms with Crippen LogP contribution in [0.5, 0.6) is 0 Å². The van der Waals surface area contributed by atoms with Crippen LogP contribution < -0.4 is 11.1 Å². The van der Waals surface area contributed by atoms with Crippen LogP contribution in [0.4, 0.5) is 14.7 Å². The van der Waals surface area contributed by atoms with Crippen LogP contribution in [-0.4, -0.2) is 31.5 Å². The summed E-state index contributed by atoms with van der Waals surface area (Å²) in [6.45, 7) is 4.87. The molecule has 7 nitrogen and oxygen atoms in total. The molecule has 0 saturated heterocycles. The second-order valence-electron chi connectivity index (χ2n) is 8.27. The third-order valence-electron chi connectivity index (χ3n) is 5.74. The third-order valence-corrected chi connectivity index (χ3v) is 6.93. The van der Waals surface area contributed by atoms with Gasteiger partial charge in [-0.05, 0) is 54.1 Å². The van der Waals surface area contributed by atoms with Gasteiger partial charge in [0.15, 0.2) is 5.82 Å².